The number of nitrogens with zero attached hydrogens (tertiary/aromatic N) is 1. The largest absolute Gasteiger partial charge is 0.396 e. The third kappa shape index (κ3) is 2.84. The zero-order valence-corrected chi connectivity index (χ0v) is 11.8. The summed E-state index contributed by atoms with van der Waals surface area (Å²) in [4.78, 5) is 2.25. The Kier molecular flexibility index (Phi) is 4.24. The molecule has 0 atom stereocenters. The molecule has 18 heavy (non-hydrogen) atoms. The fourth-order valence-corrected chi connectivity index (χ4v) is 2.72. The first-order valence-corrected chi connectivity index (χ1v) is 6.91. The van der Waals surface area contributed by atoms with Gasteiger partial charge in [-0.25, -0.2) is 0 Å². The molecule has 0 saturated carbocycles. The summed E-state index contributed by atoms with van der Waals surface area (Å²) < 4.78 is 0.932. The van der Waals surface area contributed by atoms with Gasteiger partial charge in [-0.05, 0) is 37.0 Å². The molecule has 1 aromatic rings. The molecule has 98 valence electrons. The van der Waals surface area contributed by atoms with Gasteiger partial charge in [-0.2, -0.15) is 0 Å². The zero-order chi connectivity index (χ0) is 13.1. The van der Waals surface area contributed by atoms with E-state index in [-0.39, 0.29) is 12.4 Å². The van der Waals surface area contributed by atoms with Crippen LogP contribution in [-0.4, -0.2) is 30.6 Å². The molecule has 0 bridgehead atoms. The average molecular weight is 312 g/mol. The average Bonchev–Trinajstić information content (AvgIpc) is 2.39. The van der Waals surface area contributed by atoms with Gasteiger partial charge in [0, 0.05) is 35.4 Å². The second-order valence-electron chi connectivity index (χ2n) is 4.69. The van der Waals surface area contributed by atoms with Crippen LogP contribution in [0.15, 0.2) is 22.7 Å². The monoisotopic (exact) mass is 311 g/mol. The van der Waals surface area contributed by atoms with Gasteiger partial charge in [0.2, 0.25) is 0 Å². The molecule has 0 aliphatic carbocycles. The van der Waals surface area contributed by atoms with Crippen LogP contribution < -0.4 is 10.6 Å². The number of nitrogens with one attached hydrogen (secondary N) is 1. The van der Waals surface area contributed by atoms with Crippen LogP contribution in [0.3, 0.4) is 0 Å². The lowest BCUT2D eigenvalue weighted by atomic mass is 9.97. The predicted octanol–water partition coefficient (Wildman–Crippen LogP) is 1.94. The van der Waals surface area contributed by atoms with Gasteiger partial charge in [0.1, 0.15) is 5.84 Å². The Balaban J connectivity index is 2.21. The molecule has 1 aliphatic rings. The smallest absolute Gasteiger partial charge is 0.124 e. The Morgan fingerprint density at radius 1 is 1.44 bits per heavy atom. The number of aliphatic hydroxyl groups excluding tert-OH is 1. The van der Waals surface area contributed by atoms with Crippen LogP contribution in [0.5, 0.6) is 0 Å². The quantitative estimate of drug-likeness (QED) is 0.590. The van der Waals surface area contributed by atoms with E-state index < -0.39 is 0 Å². The molecular weight excluding hydrogens is 294 g/mol. The van der Waals surface area contributed by atoms with E-state index in [2.05, 4.69) is 20.8 Å². The summed E-state index contributed by atoms with van der Waals surface area (Å²) in [6.45, 7) is 2.09. The highest BCUT2D eigenvalue weighted by atomic mass is 79.9. The van der Waals surface area contributed by atoms with Crippen LogP contribution in [0.1, 0.15) is 18.4 Å². The van der Waals surface area contributed by atoms with Crippen molar-refractivity contribution in [2.24, 2.45) is 11.7 Å². The van der Waals surface area contributed by atoms with E-state index in [4.69, 9.17) is 16.2 Å². The molecule has 0 unspecified atom stereocenters. The van der Waals surface area contributed by atoms with Gasteiger partial charge < -0.3 is 15.7 Å². The highest BCUT2D eigenvalue weighted by molar-refractivity contribution is 9.10. The molecule has 0 amide bonds. The lowest BCUT2D eigenvalue weighted by molar-refractivity contribution is 0.203. The molecule has 1 saturated heterocycles. The molecular formula is C13H18BrN3O. The summed E-state index contributed by atoms with van der Waals surface area (Å²) in [5, 5.41) is 16.8. The Morgan fingerprint density at radius 3 is 2.67 bits per heavy atom. The topological polar surface area (TPSA) is 73.3 Å². The summed E-state index contributed by atoms with van der Waals surface area (Å²) in [5.74, 6) is 0.507. The molecule has 2 rings (SSSR count). The molecule has 4 nitrogen and oxygen atoms in total. The maximum atomic E-state index is 9.15. The molecule has 0 aromatic heterocycles. The summed E-state index contributed by atoms with van der Waals surface area (Å²) in [6.07, 6.45) is 1.98. The first kappa shape index (κ1) is 13.4. The number of nitrogens with two attached hydrogens (primary N) is 1. The number of amidine groups is 1. The predicted molar refractivity (Wildman–Crippen MR) is 77.2 cm³/mol. The number of nitrogen functional groups attached to an aromatic ring is 1. The number of benzene rings is 1. The SMILES string of the molecule is N=C(N)c1cc(Br)ccc1N1CCC(CO)CC1. The molecule has 5 heteroatoms. The lowest BCUT2D eigenvalue weighted by Crippen LogP contribution is -2.36. The number of rotatable bonds is 3. The van der Waals surface area contributed by atoms with Crippen molar-refractivity contribution >= 4 is 27.5 Å². The molecule has 1 heterocycles. The molecule has 1 aliphatic heterocycles. The third-order valence-corrected chi connectivity index (χ3v) is 3.96. The maximum Gasteiger partial charge on any atom is 0.124 e. The van der Waals surface area contributed by atoms with Crippen molar-refractivity contribution in [3.63, 3.8) is 0 Å². The molecule has 0 radical (unpaired) electrons. The Morgan fingerprint density at radius 2 is 2.11 bits per heavy atom. The Bertz CT molecular complexity index is 442. The summed E-state index contributed by atoms with van der Waals surface area (Å²) in [6, 6.07) is 5.86. The highest BCUT2D eigenvalue weighted by Crippen LogP contribution is 2.28. The maximum absolute atomic E-state index is 9.15. The van der Waals surface area contributed by atoms with E-state index in [1.807, 2.05) is 18.2 Å². The number of halogens is 1. The van der Waals surface area contributed by atoms with E-state index in [9.17, 15) is 0 Å². The van der Waals surface area contributed by atoms with Gasteiger partial charge in [-0.1, -0.05) is 15.9 Å². The summed E-state index contributed by atoms with van der Waals surface area (Å²) in [7, 11) is 0. The minimum atomic E-state index is 0.0931. The van der Waals surface area contributed by atoms with Gasteiger partial charge in [0.15, 0.2) is 0 Å². The van der Waals surface area contributed by atoms with E-state index in [1.54, 1.807) is 0 Å². The summed E-state index contributed by atoms with van der Waals surface area (Å²) >= 11 is 3.41. The van der Waals surface area contributed by atoms with Crippen LogP contribution in [-0.2, 0) is 0 Å². The fourth-order valence-electron chi connectivity index (χ4n) is 2.36. The third-order valence-electron chi connectivity index (χ3n) is 3.46. The van der Waals surface area contributed by atoms with Crippen LogP contribution in [0.2, 0.25) is 0 Å². The van der Waals surface area contributed by atoms with Crippen molar-refractivity contribution in [1.82, 2.24) is 0 Å². The van der Waals surface area contributed by atoms with E-state index in [1.165, 1.54) is 0 Å². The Labute approximate surface area is 115 Å². The van der Waals surface area contributed by atoms with Crippen molar-refractivity contribution in [2.75, 3.05) is 24.6 Å². The molecule has 1 fully saturated rings. The first-order chi connectivity index (χ1) is 8.61. The number of hydrogen-bond donors (Lipinski definition) is 3. The van der Waals surface area contributed by atoms with Gasteiger partial charge in [-0.15, -0.1) is 0 Å². The number of hydrogen-bond acceptors (Lipinski definition) is 3. The van der Waals surface area contributed by atoms with Crippen LogP contribution in [0.25, 0.3) is 0 Å². The zero-order valence-electron chi connectivity index (χ0n) is 10.2. The van der Waals surface area contributed by atoms with Crippen LogP contribution >= 0.6 is 15.9 Å². The van der Waals surface area contributed by atoms with Crippen molar-refractivity contribution in [3.05, 3.63) is 28.2 Å². The molecule has 4 N–H and O–H groups in total. The van der Waals surface area contributed by atoms with Gasteiger partial charge in [-0.3, -0.25) is 5.41 Å². The fraction of sp³-hybridized carbons (Fsp3) is 0.462. The lowest BCUT2D eigenvalue weighted by Gasteiger charge is -2.34. The summed E-state index contributed by atoms with van der Waals surface area (Å²) in [5.41, 5.74) is 7.43. The molecule has 0 spiro atoms. The van der Waals surface area contributed by atoms with E-state index >= 15 is 0 Å². The first-order valence-electron chi connectivity index (χ1n) is 6.11. The minimum absolute atomic E-state index is 0.0931. The van der Waals surface area contributed by atoms with Crippen molar-refractivity contribution in [1.29, 1.82) is 5.41 Å². The standard InChI is InChI=1S/C13H18BrN3O/c14-10-1-2-12(11(7-10)13(15)16)17-5-3-9(8-18)4-6-17/h1-2,7,9,18H,3-6,8H2,(H3,15,16). The normalized spacial score (nSPS) is 16.9. The van der Waals surface area contributed by atoms with Crippen molar-refractivity contribution in [3.8, 4) is 0 Å². The van der Waals surface area contributed by atoms with Gasteiger partial charge in [0.05, 0.1) is 0 Å². The second-order valence-corrected chi connectivity index (χ2v) is 5.60. The van der Waals surface area contributed by atoms with Crippen molar-refractivity contribution < 1.29 is 5.11 Å². The number of aliphatic hydroxyl groups is 1. The minimum Gasteiger partial charge on any atom is -0.396 e. The number of anilines is 1. The van der Waals surface area contributed by atoms with Gasteiger partial charge >= 0.3 is 0 Å². The Hall–Kier alpha value is -1.07. The van der Waals surface area contributed by atoms with Crippen LogP contribution in [0, 0.1) is 11.3 Å². The van der Waals surface area contributed by atoms with E-state index in [0.29, 0.717) is 5.92 Å². The van der Waals surface area contributed by atoms with Gasteiger partial charge in [0.25, 0.3) is 0 Å². The number of piperidine rings is 1. The molecule has 1 aromatic carbocycles. The highest BCUT2D eigenvalue weighted by Gasteiger charge is 2.21. The second kappa shape index (κ2) is 5.71. The van der Waals surface area contributed by atoms with E-state index in [0.717, 1.165) is 41.7 Å². The van der Waals surface area contributed by atoms with Crippen molar-refractivity contribution in [2.45, 2.75) is 12.8 Å². The van der Waals surface area contributed by atoms with Crippen LogP contribution in [0.4, 0.5) is 5.69 Å².